The summed E-state index contributed by atoms with van der Waals surface area (Å²) in [5, 5.41) is 23.9. The topological polar surface area (TPSA) is 119 Å². The van der Waals surface area contributed by atoms with Crippen molar-refractivity contribution in [3.8, 4) is 29.0 Å². The molecule has 0 bridgehead atoms. The maximum absolute atomic E-state index is 9.91. The minimum absolute atomic E-state index is 0.127. The zero-order valence-corrected chi connectivity index (χ0v) is 17.4. The number of hydrogen-bond donors (Lipinski definition) is 2. The van der Waals surface area contributed by atoms with E-state index in [2.05, 4.69) is 16.2 Å². The Kier molecular flexibility index (Phi) is 6.28. The number of aromatic nitrogens is 3. The van der Waals surface area contributed by atoms with Crippen molar-refractivity contribution >= 4 is 0 Å². The first-order chi connectivity index (χ1) is 15.1. The van der Waals surface area contributed by atoms with E-state index in [1.54, 1.807) is 35.1 Å². The van der Waals surface area contributed by atoms with Crippen molar-refractivity contribution in [1.82, 2.24) is 14.8 Å². The highest BCUT2D eigenvalue weighted by Crippen LogP contribution is 2.35. The molecule has 1 saturated heterocycles. The van der Waals surface area contributed by atoms with Crippen molar-refractivity contribution in [3.63, 3.8) is 0 Å². The predicted octanol–water partition coefficient (Wildman–Crippen LogP) is 3.03. The Hall–Kier alpha value is -3.25. The molecule has 0 radical (unpaired) electrons. The molecule has 0 saturated carbocycles. The molecule has 1 aliphatic rings. The number of aliphatic hydroxyl groups excluding tert-OH is 1. The van der Waals surface area contributed by atoms with Crippen LogP contribution in [0.25, 0.3) is 11.3 Å². The molecule has 1 unspecified atom stereocenters. The fourth-order valence-corrected chi connectivity index (χ4v) is 3.66. The fourth-order valence-electron chi connectivity index (χ4n) is 3.66. The van der Waals surface area contributed by atoms with Crippen LogP contribution < -0.4 is 10.5 Å². The number of pyridine rings is 1. The zero-order chi connectivity index (χ0) is 21.8. The van der Waals surface area contributed by atoms with Crippen molar-refractivity contribution in [3.05, 3.63) is 59.4 Å². The Morgan fingerprint density at radius 3 is 2.77 bits per heavy atom. The highest BCUT2D eigenvalue weighted by atomic mass is 16.5. The van der Waals surface area contributed by atoms with Crippen molar-refractivity contribution in [2.75, 3.05) is 19.8 Å². The summed E-state index contributed by atoms with van der Waals surface area (Å²) in [5.41, 5.74) is 9.04. The lowest BCUT2D eigenvalue weighted by Gasteiger charge is -2.19. The third kappa shape index (κ3) is 4.59. The molecule has 3 heterocycles. The minimum Gasteiger partial charge on any atom is -0.439 e. The third-order valence-electron chi connectivity index (χ3n) is 5.49. The first kappa shape index (κ1) is 21.0. The molecule has 0 aliphatic carbocycles. The van der Waals surface area contributed by atoms with E-state index >= 15 is 0 Å². The number of nitrogens with two attached hydrogens (primary N) is 1. The largest absolute Gasteiger partial charge is 0.439 e. The Morgan fingerprint density at radius 1 is 1.29 bits per heavy atom. The second-order valence-corrected chi connectivity index (χ2v) is 7.57. The first-order valence-electron chi connectivity index (χ1n) is 10.3. The molecule has 1 aromatic carbocycles. The summed E-state index contributed by atoms with van der Waals surface area (Å²) in [4.78, 5) is 4.46. The number of benzene rings is 1. The number of nitriles is 1. The van der Waals surface area contributed by atoms with Crippen LogP contribution in [0.2, 0.25) is 0 Å². The van der Waals surface area contributed by atoms with Crippen LogP contribution in [-0.2, 0) is 11.8 Å². The van der Waals surface area contributed by atoms with E-state index in [1.807, 2.05) is 19.2 Å². The molecule has 8 nitrogen and oxygen atoms in total. The molecular formula is C23H25N5O3. The third-order valence-corrected chi connectivity index (χ3v) is 5.49. The van der Waals surface area contributed by atoms with Gasteiger partial charge in [0.2, 0.25) is 5.88 Å². The summed E-state index contributed by atoms with van der Waals surface area (Å²) in [6.07, 6.45) is 2.73. The molecule has 8 heteroatoms. The first-order valence-corrected chi connectivity index (χ1v) is 10.3. The molecular weight excluding hydrogens is 394 g/mol. The lowest BCUT2D eigenvalue weighted by Crippen LogP contribution is -2.14. The van der Waals surface area contributed by atoms with Crippen molar-refractivity contribution in [1.29, 1.82) is 5.26 Å². The van der Waals surface area contributed by atoms with Gasteiger partial charge in [-0.1, -0.05) is 6.07 Å². The lowest BCUT2D eigenvalue weighted by atomic mass is 9.97. The highest BCUT2D eigenvalue weighted by molar-refractivity contribution is 5.69. The van der Waals surface area contributed by atoms with E-state index in [-0.39, 0.29) is 6.54 Å². The molecule has 0 spiro atoms. The molecule has 1 atom stereocenters. The standard InChI is InChI=1S/C23H25N5O3/c1-28-23(11-20(27-28)16-6-8-30-9-7-16)31-22-10-15(12-24)2-4-18(22)19-5-3-17(14-26-19)21(29)13-25/h2-5,10-11,14,16,21,29H,6-9,13,25H2,1H3. The second kappa shape index (κ2) is 9.27. The molecule has 3 aromatic rings. The van der Waals surface area contributed by atoms with Crippen LogP contribution in [0.3, 0.4) is 0 Å². The van der Waals surface area contributed by atoms with Crippen LogP contribution in [0, 0.1) is 11.3 Å². The Morgan fingerprint density at radius 2 is 2.10 bits per heavy atom. The van der Waals surface area contributed by atoms with E-state index < -0.39 is 6.10 Å². The SMILES string of the molecule is Cn1nc(C2CCOCC2)cc1Oc1cc(C#N)ccc1-c1ccc(C(O)CN)cn1. The number of nitrogens with zero attached hydrogens (tertiary/aromatic N) is 4. The fraction of sp³-hybridized carbons (Fsp3) is 0.348. The van der Waals surface area contributed by atoms with Gasteiger partial charge >= 0.3 is 0 Å². The Balaban J connectivity index is 1.65. The van der Waals surface area contributed by atoms with Gasteiger partial charge in [0.25, 0.3) is 0 Å². The lowest BCUT2D eigenvalue weighted by molar-refractivity contribution is 0.0844. The van der Waals surface area contributed by atoms with Crippen molar-refractivity contribution in [2.45, 2.75) is 24.9 Å². The van der Waals surface area contributed by atoms with Crippen LogP contribution in [-0.4, -0.2) is 39.6 Å². The molecule has 3 N–H and O–H groups in total. The van der Waals surface area contributed by atoms with E-state index in [9.17, 15) is 10.4 Å². The molecule has 1 fully saturated rings. The summed E-state index contributed by atoms with van der Waals surface area (Å²) < 4.78 is 13.4. The Bertz CT molecular complexity index is 1080. The molecule has 160 valence electrons. The summed E-state index contributed by atoms with van der Waals surface area (Å²) in [7, 11) is 1.84. The van der Waals surface area contributed by atoms with Gasteiger partial charge in [-0.25, -0.2) is 4.68 Å². The number of rotatable bonds is 6. The van der Waals surface area contributed by atoms with E-state index in [0.717, 1.165) is 37.3 Å². The number of aryl methyl sites for hydroxylation is 1. The van der Waals surface area contributed by atoms with Gasteiger partial charge in [-0.3, -0.25) is 4.98 Å². The minimum atomic E-state index is -0.753. The number of aliphatic hydroxyl groups is 1. The van der Waals surface area contributed by atoms with Gasteiger partial charge in [-0.2, -0.15) is 10.4 Å². The van der Waals surface area contributed by atoms with Crippen LogP contribution in [0.1, 0.15) is 41.7 Å². The van der Waals surface area contributed by atoms with E-state index in [1.165, 1.54) is 0 Å². The molecule has 1 aliphatic heterocycles. The number of hydrogen-bond acceptors (Lipinski definition) is 7. The molecule has 31 heavy (non-hydrogen) atoms. The average molecular weight is 419 g/mol. The van der Waals surface area contributed by atoms with Crippen molar-refractivity contribution in [2.24, 2.45) is 12.8 Å². The highest BCUT2D eigenvalue weighted by Gasteiger charge is 2.21. The summed E-state index contributed by atoms with van der Waals surface area (Å²) in [5.74, 6) is 1.46. The number of ether oxygens (including phenoxy) is 2. The summed E-state index contributed by atoms with van der Waals surface area (Å²) in [6.45, 7) is 1.61. The quantitative estimate of drug-likeness (QED) is 0.630. The van der Waals surface area contributed by atoms with Crippen LogP contribution in [0.15, 0.2) is 42.6 Å². The van der Waals surface area contributed by atoms with Gasteiger partial charge in [0.05, 0.1) is 29.1 Å². The van der Waals surface area contributed by atoms with E-state index in [4.69, 9.17) is 15.2 Å². The van der Waals surface area contributed by atoms with Gasteiger partial charge in [0.15, 0.2) is 0 Å². The van der Waals surface area contributed by atoms with Gasteiger partial charge < -0.3 is 20.3 Å². The average Bonchev–Trinajstić information content (AvgIpc) is 3.19. The second-order valence-electron chi connectivity index (χ2n) is 7.57. The summed E-state index contributed by atoms with van der Waals surface area (Å²) in [6, 6.07) is 12.9. The Labute approximate surface area is 180 Å². The van der Waals surface area contributed by atoms with Crippen LogP contribution >= 0.6 is 0 Å². The van der Waals surface area contributed by atoms with Crippen LogP contribution in [0.4, 0.5) is 0 Å². The maximum Gasteiger partial charge on any atom is 0.217 e. The summed E-state index contributed by atoms with van der Waals surface area (Å²) >= 11 is 0. The molecule has 2 aromatic heterocycles. The van der Waals surface area contributed by atoms with Gasteiger partial charge in [-0.05, 0) is 37.1 Å². The van der Waals surface area contributed by atoms with Gasteiger partial charge in [0.1, 0.15) is 5.75 Å². The predicted molar refractivity (Wildman–Crippen MR) is 114 cm³/mol. The molecule has 4 rings (SSSR count). The van der Waals surface area contributed by atoms with Gasteiger partial charge in [0, 0.05) is 56.1 Å². The zero-order valence-electron chi connectivity index (χ0n) is 17.4. The maximum atomic E-state index is 9.91. The smallest absolute Gasteiger partial charge is 0.217 e. The normalized spacial score (nSPS) is 15.4. The van der Waals surface area contributed by atoms with Gasteiger partial charge in [-0.15, -0.1) is 0 Å². The van der Waals surface area contributed by atoms with Crippen LogP contribution in [0.5, 0.6) is 11.6 Å². The van der Waals surface area contributed by atoms with E-state index in [0.29, 0.717) is 34.4 Å². The van der Waals surface area contributed by atoms with Crippen molar-refractivity contribution < 1.29 is 14.6 Å². The molecule has 0 amide bonds. The monoisotopic (exact) mass is 419 g/mol.